The predicted octanol–water partition coefficient (Wildman–Crippen LogP) is 2.70. The van der Waals surface area contributed by atoms with Gasteiger partial charge < -0.3 is 15.8 Å². The monoisotopic (exact) mass is 387 g/mol. The van der Waals surface area contributed by atoms with Gasteiger partial charge in [-0.3, -0.25) is 9.69 Å². The summed E-state index contributed by atoms with van der Waals surface area (Å²) >= 11 is 6.19. The van der Waals surface area contributed by atoms with Gasteiger partial charge in [0.2, 0.25) is 5.91 Å². The number of carbonyl (C=O) groups is 1. The number of morpholine rings is 1. The van der Waals surface area contributed by atoms with E-state index in [2.05, 4.69) is 10.2 Å². The molecule has 1 amide bonds. The van der Waals surface area contributed by atoms with Crippen molar-refractivity contribution in [1.82, 2.24) is 10.2 Å². The first-order chi connectivity index (χ1) is 13.0. The SMILES string of the molecule is CC(N)(C(=O)NCC(c1cccc(Cl)c1)N1CCOCC1)c1ccccc1. The van der Waals surface area contributed by atoms with Crippen molar-refractivity contribution in [3.8, 4) is 0 Å². The van der Waals surface area contributed by atoms with Crippen molar-refractivity contribution in [2.24, 2.45) is 5.73 Å². The summed E-state index contributed by atoms with van der Waals surface area (Å²) in [5, 5.41) is 3.73. The first-order valence-electron chi connectivity index (χ1n) is 9.18. The van der Waals surface area contributed by atoms with E-state index in [9.17, 15) is 4.79 Å². The number of ether oxygens (including phenoxy) is 1. The topological polar surface area (TPSA) is 67.6 Å². The van der Waals surface area contributed by atoms with Gasteiger partial charge in [0.1, 0.15) is 5.54 Å². The number of nitrogens with two attached hydrogens (primary N) is 1. The Bertz CT molecular complexity index is 761. The second kappa shape index (κ2) is 8.85. The fourth-order valence-corrected chi connectivity index (χ4v) is 3.55. The second-order valence-electron chi connectivity index (χ2n) is 7.00. The van der Waals surface area contributed by atoms with Gasteiger partial charge in [-0.2, -0.15) is 0 Å². The summed E-state index contributed by atoms with van der Waals surface area (Å²) in [6, 6.07) is 17.2. The number of nitrogens with one attached hydrogen (secondary N) is 1. The Labute approximate surface area is 165 Å². The van der Waals surface area contributed by atoms with Crippen LogP contribution < -0.4 is 11.1 Å². The van der Waals surface area contributed by atoms with Crippen LogP contribution >= 0.6 is 11.6 Å². The van der Waals surface area contributed by atoms with E-state index < -0.39 is 5.54 Å². The lowest BCUT2D eigenvalue weighted by atomic mass is 9.92. The summed E-state index contributed by atoms with van der Waals surface area (Å²) in [5.74, 6) is -0.200. The van der Waals surface area contributed by atoms with E-state index in [0.717, 1.165) is 24.2 Å². The Hall–Kier alpha value is -1.92. The summed E-state index contributed by atoms with van der Waals surface area (Å²) in [6.07, 6.45) is 0. The van der Waals surface area contributed by atoms with Crippen molar-refractivity contribution in [2.75, 3.05) is 32.8 Å². The number of rotatable bonds is 6. The number of carbonyl (C=O) groups excluding carboxylic acids is 1. The average molecular weight is 388 g/mol. The second-order valence-corrected chi connectivity index (χ2v) is 7.43. The standard InChI is InChI=1S/C21H26ClN3O2/c1-21(23,17-7-3-2-4-8-17)20(26)24-15-19(25-10-12-27-13-11-25)16-6-5-9-18(22)14-16/h2-9,14,19H,10-13,15,23H2,1H3,(H,24,26). The van der Waals surface area contributed by atoms with Gasteiger partial charge in [0.25, 0.3) is 0 Å². The molecule has 5 nitrogen and oxygen atoms in total. The van der Waals surface area contributed by atoms with E-state index >= 15 is 0 Å². The molecule has 3 rings (SSSR count). The van der Waals surface area contributed by atoms with Crippen molar-refractivity contribution < 1.29 is 9.53 Å². The molecule has 6 heteroatoms. The Morgan fingerprint density at radius 1 is 1.22 bits per heavy atom. The molecule has 0 bridgehead atoms. The molecule has 0 saturated carbocycles. The Kier molecular flexibility index (Phi) is 6.50. The Morgan fingerprint density at radius 2 is 1.93 bits per heavy atom. The zero-order valence-electron chi connectivity index (χ0n) is 15.5. The van der Waals surface area contributed by atoms with E-state index in [0.29, 0.717) is 24.8 Å². The number of benzene rings is 2. The zero-order chi connectivity index (χ0) is 19.3. The minimum atomic E-state index is -1.09. The van der Waals surface area contributed by atoms with Crippen LogP contribution in [0.2, 0.25) is 5.02 Å². The zero-order valence-corrected chi connectivity index (χ0v) is 16.3. The normalized spacial score (nSPS) is 18.5. The van der Waals surface area contributed by atoms with Crippen LogP contribution in [-0.4, -0.2) is 43.7 Å². The molecule has 3 N–H and O–H groups in total. The van der Waals surface area contributed by atoms with Gasteiger partial charge in [-0.1, -0.05) is 54.1 Å². The number of hydrogen-bond donors (Lipinski definition) is 2. The van der Waals surface area contributed by atoms with Crippen LogP contribution in [0.15, 0.2) is 54.6 Å². The first-order valence-corrected chi connectivity index (χ1v) is 9.56. The molecule has 1 fully saturated rings. The molecule has 2 aromatic carbocycles. The molecule has 1 aliphatic rings. The molecule has 1 aliphatic heterocycles. The molecule has 1 heterocycles. The number of hydrogen-bond acceptors (Lipinski definition) is 4. The largest absolute Gasteiger partial charge is 0.379 e. The molecule has 0 aliphatic carbocycles. The van der Waals surface area contributed by atoms with Crippen LogP contribution in [0.5, 0.6) is 0 Å². The summed E-state index contributed by atoms with van der Waals surface area (Å²) in [5.41, 5.74) is 7.11. The number of nitrogens with zero attached hydrogens (tertiary/aromatic N) is 1. The third-order valence-electron chi connectivity index (χ3n) is 5.02. The smallest absolute Gasteiger partial charge is 0.244 e. The van der Waals surface area contributed by atoms with Crippen molar-refractivity contribution >= 4 is 17.5 Å². The lowest BCUT2D eigenvalue weighted by Crippen LogP contribution is -2.51. The highest BCUT2D eigenvalue weighted by Gasteiger charge is 2.31. The molecule has 0 spiro atoms. The third-order valence-corrected chi connectivity index (χ3v) is 5.26. The van der Waals surface area contributed by atoms with E-state index in [1.807, 2.05) is 54.6 Å². The van der Waals surface area contributed by atoms with Crippen LogP contribution in [0.3, 0.4) is 0 Å². The van der Waals surface area contributed by atoms with Gasteiger partial charge >= 0.3 is 0 Å². The van der Waals surface area contributed by atoms with Crippen molar-refractivity contribution in [3.63, 3.8) is 0 Å². The van der Waals surface area contributed by atoms with Gasteiger partial charge in [0.15, 0.2) is 0 Å². The highest BCUT2D eigenvalue weighted by atomic mass is 35.5. The van der Waals surface area contributed by atoms with Crippen molar-refractivity contribution in [1.29, 1.82) is 0 Å². The quantitative estimate of drug-likeness (QED) is 0.799. The van der Waals surface area contributed by atoms with Gasteiger partial charge in [-0.15, -0.1) is 0 Å². The van der Waals surface area contributed by atoms with E-state index in [1.165, 1.54) is 0 Å². The molecule has 27 heavy (non-hydrogen) atoms. The van der Waals surface area contributed by atoms with E-state index in [-0.39, 0.29) is 11.9 Å². The summed E-state index contributed by atoms with van der Waals surface area (Å²) in [6.45, 7) is 5.18. The fourth-order valence-electron chi connectivity index (χ4n) is 3.35. The van der Waals surface area contributed by atoms with Crippen molar-refractivity contribution in [2.45, 2.75) is 18.5 Å². The first kappa shape index (κ1) is 19.8. The molecule has 2 aromatic rings. The molecule has 0 aromatic heterocycles. The molecule has 144 valence electrons. The van der Waals surface area contributed by atoms with Crippen LogP contribution in [-0.2, 0) is 15.1 Å². The van der Waals surface area contributed by atoms with Crippen LogP contribution in [0.4, 0.5) is 0 Å². The minimum absolute atomic E-state index is 0.0168. The third kappa shape index (κ3) is 4.87. The molecule has 2 atom stereocenters. The maximum absolute atomic E-state index is 12.8. The fraction of sp³-hybridized carbons (Fsp3) is 0.381. The van der Waals surface area contributed by atoms with E-state index in [4.69, 9.17) is 22.1 Å². The summed E-state index contributed by atoms with van der Waals surface area (Å²) in [7, 11) is 0. The molecule has 1 saturated heterocycles. The van der Waals surface area contributed by atoms with Gasteiger partial charge in [0.05, 0.1) is 19.3 Å². The van der Waals surface area contributed by atoms with Gasteiger partial charge in [0, 0.05) is 24.7 Å². The highest BCUT2D eigenvalue weighted by molar-refractivity contribution is 6.30. The summed E-state index contributed by atoms with van der Waals surface area (Å²) < 4.78 is 5.47. The maximum atomic E-state index is 12.8. The number of amides is 1. The highest BCUT2D eigenvalue weighted by Crippen LogP contribution is 2.25. The molecule has 0 radical (unpaired) electrons. The molecular weight excluding hydrogens is 362 g/mol. The van der Waals surface area contributed by atoms with Gasteiger partial charge in [-0.25, -0.2) is 0 Å². The van der Waals surface area contributed by atoms with Crippen molar-refractivity contribution in [3.05, 3.63) is 70.7 Å². The Morgan fingerprint density at radius 3 is 2.59 bits per heavy atom. The predicted molar refractivity (Wildman–Crippen MR) is 108 cm³/mol. The van der Waals surface area contributed by atoms with Crippen LogP contribution in [0.1, 0.15) is 24.1 Å². The molecular formula is C21H26ClN3O2. The lowest BCUT2D eigenvalue weighted by Gasteiger charge is -2.35. The maximum Gasteiger partial charge on any atom is 0.244 e. The number of halogens is 1. The average Bonchev–Trinajstić information content (AvgIpc) is 2.69. The van der Waals surface area contributed by atoms with Crippen LogP contribution in [0, 0.1) is 0 Å². The lowest BCUT2D eigenvalue weighted by molar-refractivity contribution is -0.126. The van der Waals surface area contributed by atoms with Gasteiger partial charge in [-0.05, 0) is 30.2 Å². The Balaban J connectivity index is 1.75. The minimum Gasteiger partial charge on any atom is -0.379 e. The van der Waals surface area contributed by atoms with E-state index in [1.54, 1.807) is 6.92 Å². The summed E-state index contributed by atoms with van der Waals surface area (Å²) in [4.78, 5) is 15.2. The molecule has 2 unspecified atom stereocenters. The van der Waals surface area contributed by atoms with Crippen LogP contribution in [0.25, 0.3) is 0 Å².